The van der Waals surface area contributed by atoms with Crippen LogP contribution in [-0.2, 0) is 52.6 Å². The molecule has 11 nitrogen and oxygen atoms in total. The van der Waals surface area contributed by atoms with Gasteiger partial charge in [-0.25, -0.2) is 0 Å². The highest BCUT2D eigenvalue weighted by Crippen LogP contribution is 2.51. The van der Waals surface area contributed by atoms with Crippen molar-refractivity contribution >= 4 is 46.8 Å². The summed E-state index contributed by atoms with van der Waals surface area (Å²) in [6.07, 6.45) is 95.6. The van der Waals surface area contributed by atoms with Gasteiger partial charge in [-0.3, -0.25) is 38.4 Å². The molecule has 0 fully saturated rings. The predicted octanol–water partition coefficient (Wildman–Crippen LogP) is 40.4. The summed E-state index contributed by atoms with van der Waals surface area (Å²) in [5, 5.41) is 0. The third-order valence-corrected chi connectivity index (χ3v) is 29.7. The molecule has 0 rings (SSSR count). The summed E-state index contributed by atoms with van der Waals surface area (Å²) >= 11 is 0. The van der Waals surface area contributed by atoms with Crippen LogP contribution in [0, 0.1) is 0 Å². The molecule has 1 unspecified atom stereocenters. The highest BCUT2D eigenvalue weighted by Gasteiger charge is 2.83. The summed E-state index contributed by atoms with van der Waals surface area (Å²) in [4.78, 5) is 138. The molecule has 0 aliphatic heterocycles. The number of Topliss-reactive ketones (excluding diaryl/α,β-unsaturated/α-hetero) is 5. The largest absolute Gasteiger partial charge is 0.440 e. The number of hydrogen-bond acceptors (Lipinski definition) is 11. The zero-order valence-corrected chi connectivity index (χ0v) is 91.5. The fourth-order valence-corrected chi connectivity index (χ4v) is 20.8. The van der Waals surface area contributed by atoms with Crippen molar-refractivity contribution in [1.82, 2.24) is 0 Å². The van der Waals surface area contributed by atoms with E-state index in [1.165, 1.54) is 295 Å². The second-order valence-corrected chi connectivity index (χ2v) is 42.7. The fraction of sp³-hybridized carbons (Fsp3) is 0.935. The van der Waals surface area contributed by atoms with Gasteiger partial charge in [-0.15, -0.1) is 0 Å². The first-order chi connectivity index (χ1) is 65.8. The maximum Gasteiger partial charge on any atom is 0.307 e. The first-order valence-corrected chi connectivity index (χ1v) is 61.1. The second-order valence-electron chi connectivity index (χ2n) is 42.7. The molecule has 0 heterocycles. The SMILES string of the molecule is CCCCCCCCCCCCCCCCCC(=O)C(OC(=O)CCCCCCCCCCC)(C(=O)CCCCCCCCCCCCCCCCC)[C@](OC(=O)CCCCCCCCCCC)(C(=O)CCCCCCCCCCCCCCC)C(OC(=O)CCCCCCCCCCCCC)(C(=O)CCCCCCCCCCCCC)C(=O)CCCCCCCCCCCCCCC. The normalized spacial score (nSPS) is 12.7. The molecule has 11 heteroatoms. The highest BCUT2D eigenvalue weighted by molar-refractivity contribution is 6.26. The molecule has 0 spiro atoms. The molecule has 0 bridgehead atoms. The summed E-state index contributed by atoms with van der Waals surface area (Å²) in [5.41, 5.74) is -10.4. The Morgan fingerprint density at radius 2 is 0.216 bits per heavy atom. The number of rotatable bonds is 114. The molecular formula is C123H232O11. The lowest BCUT2D eigenvalue weighted by atomic mass is 9.58. The first kappa shape index (κ1) is 131. The number of ether oxygens (including phenoxy) is 3. The molecule has 0 saturated carbocycles. The van der Waals surface area contributed by atoms with Crippen LogP contribution in [0.1, 0.15) is 723 Å². The zero-order chi connectivity index (χ0) is 97.8. The number of carbonyl (C=O) groups excluding carboxylic acids is 8. The van der Waals surface area contributed by atoms with Crippen molar-refractivity contribution in [2.75, 3.05) is 0 Å². The molecule has 0 N–H and O–H groups in total. The second kappa shape index (κ2) is 101. The van der Waals surface area contributed by atoms with Crippen LogP contribution in [0.3, 0.4) is 0 Å². The molecule has 134 heavy (non-hydrogen) atoms. The van der Waals surface area contributed by atoms with E-state index < -0.39 is 70.0 Å². The van der Waals surface area contributed by atoms with Crippen molar-refractivity contribution in [2.45, 2.75) is 740 Å². The average Bonchev–Trinajstić information content (AvgIpc) is 0.680. The Hall–Kier alpha value is -3.24. The van der Waals surface area contributed by atoms with Crippen LogP contribution >= 0.6 is 0 Å². The quantitative estimate of drug-likeness (QED) is 0.0246. The summed E-state index contributed by atoms with van der Waals surface area (Å²) in [6, 6.07) is 0. The lowest BCUT2D eigenvalue weighted by Crippen LogP contribution is -2.84. The van der Waals surface area contributed by atoms with Crippen molar-refractivity contribution in [3.63, 3.8) is 0 Å². The minimum atomic E-state index is -3.56. The maximum absolute atomic E-state index is 18.1. The van der Waals surface area contributed by atoms with Gasteiger partial charge in [0.25, 0.3) is 16.8 Å². The van der Waals surface area contributed by atoms with E-state index in [2.05, 4.69) is 55.4 Å². The molecule has 0 aliphatic carbocycles. The third-order valence-electron chi connectivity index (χ3n) is 29.7. The Bertz CT molecular complexity index is 2500. The first-order valence-electron chi connectivity index (χ1n) is 61.1. The molecule has 0 radical (unpaired) electrons. The van der Waals surface area contributed by atoms with Gasteiger partial charge in [-0.1, -0.05) is 620 Å². The van der Waals surface area contributed by atoms with Crippen molar-refractivity contribution in [3.05, 3.63) is 0 Å². The van der Waals surface area contributed by atoms with Crippen LogP contribution in [0.15, 0.2) is 0 Å². The molecule has 2 atom stereocenters. The Balaban J connectivity index is 9.69. The highest BCUT2D eigenvalue weighted by atomic mass is 16.6. The smallest absolute Gasteiger partial charge is 0.307 e. The standard InChI is InChI=1S/C123H232O11/c1-9-17-25-33-41-49-55-59-61-65-70-77-83-91-99-107-114(125)121(132-118(129)110-102-94-86-73-47-39-31-23-15-7,115(126)108-100-92-84-78-71-66-62-60-56-50-42-34-26-18-10-2)123(134-120(131)112-104-96-87-74-48-40-32-24-16-8,117(128)109-101-93-85-79-72-64-58-52-44-36-28-20-12-4)122(113(124)105-97-89-81-75-67-53-45-37-29-21-13-5,133-119(130)111-103-95-88-80-68-54-46-38-30-22-14-6)116(127)106-98-90-82-76-69-63-57-51-43-35-27-19-11-3/h9-112H2,1-8H3/t122?,123-/m1/s1. The van der Waals surface area contributed by atoms with E-state index >= 15 is 38.4 Å². The molecule has 0 saturated heterocycles. The number of esters is 3. The van der Waals surface area contributed by atoms with E-state index in [0.717, 1.165) is 218 Å². The van der Waals surface area contributed by atoms with Crippen LogP contribution in [0.25, 0.3) is 0 Å². The van der Waals surface area contributed by atoms with Crippen molar-refractivity contribution in [1.29, 1.82) is 0 Å². The Morgan fingerprint density at radius 3 is 0.343 bits per heavy atom. The van der Waals surface area contributed by atoms with Gasteiger partial charge in [0.1, 0.15) is 0 Å². The van der Waals surface area contributed by atoms with Crippen molar-refractivity contribution in [3.8, 4) is 0 Å². The molecule has 0 aromatic rings. The van der Waals surface area contributed by atoms with Gasteiger partial charge in [-0.2, -0.15) is 0 Å². The van der Waals surface area contributed by atoms with Gasteiger partial charge in [0.05, 0.1) is 0 Å². The van der Waals surface area contributed by atoms with E-state index in [4.69, 9.17) is 14.2 Å². The minimum absolute atomic E-state index is 0.208. The lowest BCUT2D eigenvalue weighted by molar-refractivity contribution is -0.248. The molecule has 0 amide bonds. The Morgan fingerprint density at radius 1 is 0.119 bits per heavy atom. The molecule has 0 aromatic carbocycles. The van der Waals surface area contributed by atoms with Crippen LogP contribution in [0.5, 0.6) is 0 Å². The number of hydrogen-bond donors (Lipinski definition) is 0. The van der Waals surface area contributed by atoms with Gasteiger partial charge in [0.15, 0.2) is 28.9 Å². The van der Waals surface area contributed by atoms with Gasteiger partial charge < -0.3 is 14.2 Å². The summed E-state index contributed by atoms with van der Waals surface area (Å²) in [6.45, 7) is 18.0. The average molecular weight is 1890 g/mol. The third kappa shape index (κ3) is 71.2. The molecular weight excluding hydrogens is 1650 g/mol. The van der Waals surface area contributed by atoms with E-state index in [-0.39, 0.29) is 77.0 Å². The molecule has 790 valence electrons. The van der Waals surface area contributed by atoms with Gasteiger partial charge >= 0.3 is 17.9 Å². The topological polar surface area (TPSA) is 164 Å². The number of unbranched alkanes of at least 4 members (excludes halogenated alkanes) is 88. The molecule has 0 aliphatic rings. The van der Waals surface area contributed by atoms with Crippen LogP contribution in [-0.4, -0.2) is 63.6 Å². The van der Waals surface area contributed by atoms with E-state index in [1.807, 2.05) is 0 Å². The summed E-state index contributed by atoms with van der Waals surface area (Å²) in [5.74, 6) is -7.54. The fourth-order valence-electron chi connectivity index (χ4n) is 20.8. The molecule has 0 aromatic heterocycles. The predicted molar refractivity (Wildman–Crippen MR) is 577 cm³/mol. The lowest BCUT2D eigenvalue weighted by Gasteiger charge is -2.53. The Labute approximate surface area is 834 Å². The summed E-state index contributed by atoms with van der Waals surface area (Å²) < 4.78 is 21.9. The Kier molecular flexibility index (Phi) is 98.8. The van der Waals surface area contributed by atoms with Gasteiger partial charge in [0.2, 0.25) is 0 Å². The monoisotopic (exact) mass is 1890 g/mol. The van der Waals surface area contributed by atoms with E-state index in [9.17, 15) is 0 Å². The van der Waals surface area contributed by atoms with Gasteiger partial charge in [-0.05, 0) is 51.4 Å². The number of ketones is 5. The van der Waals surface area contributed by atoms with E-state index in [1.54, 1.807) is 0 Å². The maximum atomic E-state index is 18.1. The van der Waals surface area contributed by atoms with Crippen LogP contribution in [0.2, 0.25) is 0 Å². The van der Waals surface area contributed by atoms with E-state index in [0.29, 0.717) is 70.6 Å². The summed E-state index contributed by atoms with van der Waals surface area (Å²) in [7, 11) is 0. The van der Waals surface area contributed by atoms with Crippen LogP contribution in [0.4, 0.5) is 0 Å². The minimum Gasteiger partial charge on any atom is -0.440 e. The number of carbonyl (C=O) groups is 8. The van der Waals surface area contributed by atoms with Crippen molar-refractivity contribution < 1.29 is 52.6 Å². The van der Waals surface area contributed by atoms with Crippen LogP contribution < -0.4 is 0 Å². The van der Waals surface area contributed by atoms with Crippen molar-refractivity contribution in [2.24, 2.45) is 0 Å². The van der Waals surface area contributed by atoms with Gasteiger partial charge in [0, 0.05) is 51.4 Å². The zero-order valence-electron chi connectivity index (χ0n) is 91.5.